The van der Waals surface area contributed by atoms with Gasteiger partial charge in [0.15, 0.2) is 5.76 Å². The molecule has 0 aliphatic carbocycles. The normalized spacial score (nSPS) is 14.8. The molecule has 0 saturated carbocycles. The lowest BCUT2D eigenvalue weighted by Gasteiger charge is -2.34. The summed E-state index contributed by atoms with van der Waals surface area (Å²) >= 11 is 0. The molecule has 1 N–H and O–H groups in total. The number of nitrogens with zero attached hydrogens (tertiary/aromatic N) is 2. The van der Waals surface area contributed by atoms with Gasteiger partial charge in [0.2, 0.25) is 5.91 Å². The minimum absolute atomic E-state index is 0.113. The molecular formula is C22H29N3O3. The standard InChI is InChI=1S/C22H29N3O3/c1-22(2,3)17-6-8-18(9-7-17)23-11-10-20(26)24-12-14-25(15-13-24)21(27)19-5-4-16-28-19/h4-9,16,23H,10-15H2,1-3H3. The third-order valence-electron chi connectivity index (χ3n) is 5.07. The number of anilines is 1. The van der Waals surface area contributed by atoms with Crippen LogP contribution in [0.5, 0.6) is 0 Å². The van der Waals surface area contributed by atoms with E-state index >= 15 is 0 Å². The second kappa shape index (κ2) is 8.50. The molecule has 0 spiro atoms. The topological polar surface area (TPSA) is 65.8 Å². The highest BCUT2D eigenvalue weighted by Gasteiger charge is 2.25. The van der Waals surface area contributed by atoms with Gasteiger partial charge in [0.05, 0.1) is 6.26 Å². The van der Waals surface area contributed by atoms with Crippen molar-refractivity contribution in [1.29, 1.82) is 0 Å². The molecule has 6 nitrogen and oxygen atoms in total. The number of benzene rings is 1. The number of furan rings is 1. The summed E-state index contributed by atoms with van der Waals surface area (Å²) in [6.07, 6.45) is 1.93. The molecule has 28 heavy (non-hydrogen) atoms. The molecule has 1 saturated heterocycles. The van der Waals surface area contributed by atoms with E-state index in [1.807, 2.05) is 4.90 Å². The Morgan fingerprint density at radius 3 is 2.21 bits per heavy atom. The Kier molecular flexibility index (Phi) is 6.07. The first kappa shape index (κ1) is 20.0. The third-order valence-corrected chi connectivity index (χ3v) is 5.07. The van der Waals surface area contributed by atoms with Gasteiger partial charge in [0.25, 0.3) is 5.91 Å². The van der Waals surface area contributed by atoms with Crippen LogP contribution in [-0.4, -0.2) is 54.3 Å². The van der Waals surface area contributed by atoms with Crippen LogP contribution < -0.4 is 5.32 Å². The van der Waals surface area contributed by atoms with E-state index in [0.29, 0.717) is 44.9 Å². The van der Waals surface area contributed by atoms with Gasteiger partial charge in [-0.05, 0) is 35.2 Å². The number of nitrogens with one attached hydrogen (secondary N) is 1. The first-order valence-electron chi connectivity index (χ1n) is 9.79. The summed E-state index contributed by atoms with van der Waals surface area (Å²) in [6.45, 7) is 9.36. The highest BCUT2D eigenvalue weighted by molar-refractivity contribution is 5.91. The number of carbonyl (C=O) groups is 2. The average molecular weight is 383 g/mol. The van der Waals surface area contributed by atoms with Gasteiger partial charge in [0.1, 0.15) is 0 Å². The van der Waals surface area contributed by atoms with Crippen molar-refractivity contribution in [3.63, 3.8) is 0 Å². The van der Waals surface area contributed by atoms with Crippen molar-refractivity contribution in [3.8, 4) is 0 Å². The van der Waals surface area contributed by atoms with Crippen LogP contribution >= 0.6 is 0 Å². The van der Waals surface area contributed by atoms with E-state index in [4.69, 9.17) is 4.42 Å². The number of hydrogen-bond acceptors (Lipinski definition) is 4. The fourth-order valence-corrected chi connectivity index (χ4v) is 3.27. The zero-order valence-corrected chi connectivity index (χ0v) is 16.9. The van der Waals surface area contributed by atoms with Gasteiger partial charge in [-0.25, -0.2) is 0 Å². The van der Waals surface area contributed by atoms with Crippen LogP contribution in [0.1, 0.15) is 43.3 Å². The maximum Gasteiger partial charge on any atom is 0.289 e. The maximum atomic E-state index is 12.4. The monoisotopic (exact) mass is 383 g/mol. The fourth-order valence-electron chi connectivity index (χ4n) is 3.27. The molecule has 1 fully saturated rings. The first-order chi connectivity index (χ1) is 13.3. The van der Waals surface area contributed by atoms with Crippen molar-refractivity contribution >= 4 is 17.5 Å². The summed E-state index contributed by atoms with van der Waals surface area (Å²) < 4.78 is 5.16. The molecule has 2 heterocycles. The Morgan fingerprint density at radius 1 is 1.00 bits per heavy atom. The van der Waals surface area contributed by atoms with Gasteiger partial charge in [-0.3, -0.25) is 9.59 Å². The molecule has 0 bridgehead atoms. The molecule has 0 atom stereocenters. The molecule has 0 unspecified atom stereocenters. The van der Waals surface area contributed by atoms with Crippen molar-refractivity contribution in [2.45, 2.75) is 32.6 Å². The molecule has 1 aliphatic rings. The Labute approximate surface area is 166 Å². The van der Waals surface area contributed by atoms with E-state index in [1.54, 1.807) is 17.0 Å². The second-order valence-corrected chi connectivity index (χ2v) is 8.15. The van der Waals surface area contributed by atoms with Crippen LogP contribution in [0.25, 0.3) is 0 Å². The van der Waals surface area contributed by atoms with Crippen molar-refractivity contribution < 1.29 is 14.0 Å². The molecule has 0 radical (unpaired) electrons. The summed E-state index contributed by atoms with van der Waals surface area (Å²) in [5, 5.41) is 3.31. The van der Waals surface area contributed by atoms with Gasteiger partial charge >= 0.3 is 0 Å². The number of amides is 2. The lowest BCUT2D eigenvalue weighted by Crippen LogP contribution is -2.50. The van der Waals surface area contributed by atoms with Crippen LogP contribution in [0.4, 0.5) is 5.69 Å². The van der Waals surface area contributed by atoms with E-state index in [1.165, 1.54) is 11.8 Å². The minimum Gasteiger partial charge on any atom is -0.459 e. The SMILES string of the molecule is CC(C)(C)c1ccc(NCCC(=O)N2CCN(C(=O)c3ccco3)CC2)cc1. The van der Waals surface area contributed by atoms with Crippen molar-refractivity contribution in [1.82, 2.24) is 9.80 Å². The number of rotatable bonds is 5. The molecule has 1 aromatic carbocycles. The predicted octanol–water partition coefficient (Wildman–Crippen LogP) is 3.36. The third kappa shape index (κ3) is 4.94. The molecule has 6 heteroatoms. The Balaban J connectivity index is 1.41. The highest BCUT2D eigenvalue weighted by Crippen LogP contribution is 2.23. The van der Waals surface area contributed by atoms with Crippen molar-refractivity contribution in [3.05, 3.63) is 54.0 Å². The zero-order chi connectivity index (χ0) is 20.1. The number of carbonyl (C=O) groups excluding carboxylic acids is 2. The van der Waals surface area contributed by atoms with Crippen molar-refractivity contribution in [2.24, 2.45) is 0 Å². The van der Waals surface area contributed by atoms with Crippen LogP contribution in [0.2, 0.25) is 0 Å². The van der Waals surface area contributed by atoms with Gasteiger partial charge in [0, 0.05) is 44.8 Å². The summed E-state index contributed by atoms with van der Waals surface area (Å²) in [4.78, 5) is 28.3. The molecule has 1 aromatic heterocycles. The van der Waals surface area contributed by atoms with Crippen LogP contribution in [0.15, 0.2) is 47.1 Å². The Morgan fingerprint density at radius 2 is 1.64 bits per heavy atom. The second-order valence-electron chi connectivity index (χ2n) is 8.15. The summed E-state index contributed by atoms with van der Waals surface area (Å²) in [6, 6.07) is 11.7. The lowest BCUT2D eigenvalue weighted by atomic mass is 9.87. The van der Waals surface area contributed by atoms with Gasteiger partial charge in [-0.1, -0.05) is 32.9 Å². The molecular weight excluding hydrogens is 354 g/mol. The molecule has 1 aliphatic heterocycles. The van der Waals surface area contributed by atoms with Crippen LogP contribution in [0.3, 0.4) is 0 Å². The average Bonchev–Trinajstić information content (AvgIpc) is 3.22. The molecule has 2 amide bonds. The van der Waals surface area contributed by atoms with E-state index < -0.39 is 0 Å². The number of piperazine rings is 1. The summed E-state index contributed by atoms with van der Waals surface area (Å²) in [5.74, 6) is 0.350. The Bertz CT molecular complexity index is 783. The molecule has 150 valence electrons. The lowest BCUT2D eigenvalue weighted by molar-refractivity contribution is -0.132. The highest BCUT2D eigenvalue weighted by atomic mass is 16.3. The van der Waals surface area contributed by atoms with Crippen LogP contribution in [-0.2, 0) is 10.2 Å². The predicted molar refractivity (Wildman–Crippen MR) is 109 cm³/mol. The number of hydrogen-bond donors (Lipinski definition) is 1. The first-order valence-corrected chi connectivity index (χ1v) is 9.79. The minimum atomic E-state index is -0.113. The maximum absolute atomic E-state index is 12.4. The summed E-state index contributed by atoms with van der Waals surface area (Å²) in [7, 11) is 0. The fraction of sp³-hybridized carbons (Fsp3) is 0.455. The molecule has 3 rings (SSSR count). The van der Waals surface area contributed by atoms with Gasteiger partial charge < -0.3 is 19.5 Å². The van der Waals surface area contributed by atoms with E-state index in [9.17, 15) is 9.59 Å². The quantitative estimate of drug-likeness (QED) is 0.860. The summed E-state index contributed by atoms with van der Waals surface area (Å²) in [5.41, 5.74) is 2.44. The van der Waals surface area contributed by atoms with E-state index in [-0.39, 0.29) is 17.2 Å². The Hall–Kier alpha value is -2.76. The van der Waals surface area contributed by atoms with Crippen LogP contribution in [0, 0.1) is 0 Å². The smallest absolute Gasteiger partial charge is 0.289 e. The van der Waals surface area contributed by atoms with E-state index in [0.717, 1.165) is 5.69 Å². The van der Waals surface area contributed by atoms with Gasteiger partial charge in [-0.15, -0.1) is 0 Å². The molecule has 2 aromatic rings. The zero-order valence-electron chi connectivity index (χ0n) is 16.9. The van der Waals surface area contributed by atoms with Gasteiger partial charge in [-0.2, -0.15) is 0 Å². The largest absolute Gasteiger partial charge is 0.459 e. The van der Waals surface area contributed by atoms with E-state index in [2.05, 4.69) is 50.4 Å². The van der Waals surface area contributed by atoms with Crippen molar-refractivity contribution in [2.75, 3.05) is 38.0 Å².